The van der Waals surface area contributed by atoms with Crippen molar-refractivity contribution in [2.24, 2.45) is 0 Å². The van der Waals surface area contributed by atoms with Gasteiger partial charge in [-0.25, -0.2) is 16.8 Å². The van der Waals surface area contributed by atoms with Crippen molar-refractivity contribution in [2.45, 2.75) is 48.3 Å². The minimum absolute atomic E-state index is 0.170. The van der Waals surface area contributed by atoms with Crippen molar-refractivity contribution >= 4 is 20.0 Å². The van der Waals surface area contributed by atoms with E-state index in [0.29, 0.717) is 9.79 Å². The second-order valence-corrected chi connectivity index (χ2v) is 12.3. The highest BCUT2D eigenvalue weighted by molar-refractivity contribution is 7.89. The minimum atomic E-state index is -3.61. The summed E-state index contributed by atoms with van der Waals surface area (Å²) in [5.41, 5.74) is 4.71. The lowest BCUT2D eigenvalue weighted by atomic mass is 10.1. The molecule has 0 bridgehead atoms. The van der Waals surface area contributed by atoms with E-state index in [4.69, 9.17) is 0 Å². The van der Waals surface area contributed by atoms with E-state index in [-0.39, 0.29) is 26.2 Å². The van der Waals surface area contributed by atoms with Crippen LogP contribution in [-0.4, -0.2) is 51.6 Å². The van der Waals surface area contributed by atoms with E-state index in [9.17, 15) is 16.8 Å². The summed E-state index contributed by atoms with van der Waals surface area (Å²) < 4.78 is 55.2. The molecule has 1 heterocycles. The predicted molar refractivity (Wildman–Crippen MR) is 114 cm³/mol. The molecule has 1 fully saturated rings. The van der Waals surface area contributed by atoms with E-state index in [0.717, 1.165) is 49.7 Å². The second-order valence-electron chi connectivity index (χ2n) is 8.38. The van der Waals surface area contributed by atoms with Gasteiger partial charge in [-0.2, -0.15) is 8.61 Å². The molecule has 160 valence electrons. The largest absolute Gasteiger partial charge is 0.243 e. The average molecular weight is 447 g/mol. The third-order valence-corrected chi connectivity index (χ3v) is 10.4. The second kappa shape index (κ2) is 7.44. The lowest BCUT2D eigenvalue weighted by molar-refractivity contribution is 0.273. The van der Waals surface area contributed by atoms with Crippen LogP contribution >= 0.6 is 0 Å². The Kier molecular flexibility index (Phi) is 5.01. The summed E-state index contributed by atoms with van der Waals surface area (Å²) >= 11 is 0. The summed E-state index contributed by atoms with van der Waals surface area (Å²) in [5, 5.41) is 0. The van der Waals surface area contributed by atoms with Gasteiger partial charge in [0.15, 0.2) is 0 Å². The van der Waals surface area contributed by atoms with E-state index < -0.39 is 20.0 Å². The first-order valence-electron chi connectivity index (χ1n) is 10.6. The van der Waals surface area contributed by atoms with Gasteiger partial charge in [-0.15, -0.1) is 0 Å². The fraction of sp³-hybridized carbons (Fsp3) is 0.455. The molecule has 8 heteroatoms. The maximum atomic E-state index is 13.1. The fourth-order valence-electron chi connectivity index (χ4n) is 4.87. The minimum Gasteiger partial charge on any atom is -0.207 e. The van der Waals surface area contributed by atoms with Crippen LogP contribution in [0.4, 0.5) is 0 Å². The summed E-state index contributed by atoms with van der Waals surface area (Å²) in [6, 6.07) is 10.8. The van der Waals surface area contributed by atoms with Crippen LogP contribution in [0, 0.1) is 0 Å². The quantitative estimate of drug-likeness (QED) is 0.723. The van der Waals surface area contributed by atoms with E-state index >= 15 is 0 Å². The van der Waals surface area contributed by atoms with Gasteiger partial charge in [-0.1, -0.05) is 12.1 Å². The molecule has 30 heavy (non-hydrogen) atoms. The zero-order chi connectivity index (χ0) is 20.9. The summed E-state index contributed by atoms with van der Waals surface area (Å²) in [5.74, 6) is 0. The molecular formula is C22H26N2O4S2. The smallest absolute Gasteiger partial charge is 0.207 e. The number of fused-ring (bicyclic) bond motifs is 2. The number of hydrogen-bond acceptors (Lipinski definition) is 4. The van der Waals surface area contributed by atoms with Crippen molar-refractivity contribution < 1.29 is 16.8 Å². The highest BCUT2D eigenvalue weighted by Gasteiger charge is 2.34. The van der Waals surface area contributed by atoms with Crippen molar-refractivity contribution in [3.05, 3.63) is 58.7 Å². The van der Waals surface area contributed by atoms with Gasteiger partial charge in [0.05, 0.1) is 9.79 Å². The monoisotopic (exact) mass is 446 g/mol. The molecule has 1 saturated heterocycles. The van der Waals surface area contributed by atoms with Gasteiger partial charge in [0.25, 0.3) is 0 Å². The first kappa shape index (κ1) is 20.2. The Morgan fingerprint density at radius 2 is 0.900 bits per heavy atom. The van der Waals surface area contributed by atoms with Crippen molar-refractivity contribution in [3.63, 3.8) is 0 Å². The van der Waals surface area contributed by atoms with Crippen LogP contribution in [0.1, 0.15) is 35.1 Å². The highest BCUT2D eigenvalue weighted by atomic mass is 32.2. The Bertz CT molecular complexity index is 1100. The zero-order valence-corrected chi connectivity index (χ0v) is 18.5. The fourth-order valence-corrected chi connectivity index (χ4v) is 7.81. The SMILES string of the molecule is O=S(=O)(c1ccc2c(c1)CCC2)N1CCN(S(=O)(=O)c2ccc3c(c2)CCC3)CC1. The first-order valence-corrected chi connectivity index (χ1v) is 13.5. The topological polar surface area (TPSA) is 74.8 Å². The lowest BCUT2D eigenvalue weighted by Gasteiger charge is -2.33. The Labute approximate surface area is 178 Å². The molecule has 2 aromatic carbocycles. The van der Waals surface area contributed by atoms with E-state index in [1.165, 1.54) is 19.7 Å². The van der Waals surface area contributed by atoms with Crippen LogP contribution < -0.4 is 0 Å². The standard InChI is InChI=1S/C22H26N2O4S2/c25-29(26,21-9-7-17-3-1-5-19(17)15-21)23-11-13-24(14-12-23)30(27,28)22-10-8-18-4-2-6-20(18)16-22/h7-10,15-16H,1-6,11-14H2. The predicted octanol–water partition coefficient (Wildman–Crippen LogP) is 2.36. The van der Waals surface area contributed by atoms with Crippen molar-refractivity contribution in [3.8, 4) is 0 Å². The zero-order valence-electron chi connectivity index (χ0n) is 16.9. The Hall–Kier alpha value is -1.74. The molecule has 0 unspecified atom stereocenters. The van der Waals surface area contributed by atoms with Crippen LogP contribution in [0.2, 0.25) is 0 Å². The summed E-state index contributed by atoms with van der Waals surface area (Å²) in [6.07, 6.45) is 6.00. The molecule has 5 rings (SSSR count). The first-order chi connectivity index (χ1) is 14.4. The van der Waals surface area contributed by atoms with Gasteiger partial charge in [0, 0.05) is 26.2 Å². The molecule has 1 aliphatic heterocycles. The number of benzene rings is 2. The Balaban J connectivity index is 1.32. The molecule has 0 atom stereocenters. The number of hydrogen-bond donors (Lipinski definition) is 0. The maximum absolute atomic E-state index is 13.1. The lowest BCUT2D eigenvalue weighted by Crippen LogP contribution is -2.50. The molecule has 3 aliphatic rings. The van der Waals surface area contributed by atoms with Crippen molar-refractivity contribution in [1.29, 1.82) is 0 Å². The molecule has 0 radical (unpaired) electrons. The van der Waals surface area contributed by atoms with Gasteiger partial charge in [0.1, 0.15) is 0 Å². The number of sulfonamides is 2. The molecule has 0 spiro atoms. The molecular weight excluding hydrogens is 420 g/mol. The molecule has 0 aromatic heterocycles. The normalized spacial score (nSPS) is 20.3. The molecule has 0 saturated carbocycles. The average Bonchev–Trinajstić information content (AvgIpc) is 3.41. The molecule has 0 amide bonds. The van der Waals surface area contributed by atoms with Crippen LogP contribution in [0.3, 0.4) is 0 Å². The van der Waals surface area contributed by atoms with Gasteiger partial charge >= 0.3 is 0 Å². The van der Waals surface area contributed by atoms with Crippen LogP contribution in [-0.2, 0) is 45.7 Å². The summed E-state index contributed by atoms with van der Waals surface area (Å²) in [7, 11) is -7.23. The number of aryl methyl sites for hydroxylation is 4. The highest BCUT2D eigenvalue weighted by Crippen LogP contribution is 2.29. The van der Waals surface area contributed by atoms with Crippen molar-refractivity contribution in [2.75, 3.05) is 26.2 Å². The third kappa shape index (κ3) is 3.39. The molecule has 2 aromatic rings. The van der Waals surface area contributed by atoms with E-state index in [2.05, 4.69) is 0 Å². The van der Waals surface area contributed by atoms with Crippen molar-refractivity contribution in [1.82, 2.24) is 8.61 Å². The van der Waals surface area contributed by atoms with Crippen LogP contribution in [0.25, 0.3) is 0 Å². The Morgan fingerprint density at radius 3 is 1.30 bits per heavy atom. The van der Waals surface area contributed by atoms with Crippen LogP contribution in [0.15, 0.2) is 46.2 Å². The Morgan fingerprint density at radius 1 is 0.533 bits per heavy atom. The van der Waals surface area contributed by atoms with Gasteiger partial charge < -0.3 is 0 Å². The number of nitrogens with zero attached hydrogens (tertiary/aromatic N) is 2. The maximum Gasteiger partial charge on any atom is 0.243 e. The van der Waals surface area contributed by atoms with E-state index in [1.54, 1.807) is 24.3 Å². The summed E-state index contributed by atoms with van der Waals surface area (Å²) in [4.78, 5) is 0.635. The molecule has 0 N–H and O–H groups in total. The number of rotatable bonds is 4. The third-order valence-electron chi connectivity index (χ3n) is 6.61. The van der Waals surface area contributed by atoms with E-state index in [1.807, 2.05) is 12.1 Å². The molecule has 2 aliphatic carbocycles. The van der Waals surface area contributed by atoms with Gasteiger partial charge in [-0.05, 0) is 85.0 Å². The summed E-state index contributed by atoms with van der Waals surface area (Å²) in [6.45, 7) is 0.681. The van der Waals surface area contributed by atoms with Gasteiger partial charge in [0.2, 0.25) is 20.0 Å². The molecule has 6 nitrogen and oxygen atoms in total. The number of piperazine rings is 1. The van der Waals surface area contributed by atoms with Gasteiger partial charge in [-0.3, -0.25) is 0 Å². The van der Waals surface area contributed by atoms with Crippen LogP contribution in [0.5, 0.6) is 0 Å².